The molecule has 0 aromatic heterocycles. The van der Waals surface area contributed by atoms with Crippen molar-refractivity contribution in [1.29, 1.82) is 0 Å². The molecular weight excluding hydrogens is 277 g/mol. The van der Waals surface area contributed by atoms with E-state index in [9.17, 15) is 14.0 Å². The van der Waals surface area contributed by atoms with E-state index in [1.54, 1.807) is 6.07 Å². The fraction of sp³-hybridized carbons (Fsp3) is 0.200. The molecule has 0 saturated carbocycles. The molecule has 0 bridgehead atoms. The summed E-state index contributed by atoms with van der Waals surface area (Å²) in [5.74, 6) is -0.148. The van der Waals surface area contributed by atoms with Crippen LogP contribution in [0.4, 0.5) is 4.39 Å². The Hall–Kier alpha value is -2.81. The first-order valence-corrected chi connectivity index (χ1v) is 5.96. The number of hydrogen-bond acceptors (Lipinski definition) is 3. The highest BCUT2D eigenvalue weighted by molar-refractivity contribution is 5.94. The van der Waals surface area contributed by atoms with Crippen LogP contribution in [0, 0.1) is 18.2 Å². The van der Waals surface area contributed by atoms with Crippen molar-refractivity contribution < 1.29 is 23.8 Å². The third-order valence-corrected chi connectivity index (χ3v) is 2.54. The Morgan fingerprint density at radius 2 is 2.29 bits per heavy atom. The summed E-state index contributed by atoms with van der Waals surface area (Å²) in [5.41, 5.74) is 0.437. The first-order chi connectivity index (χ1) is 9.97. The van der Waals surface area contributed by atoms with Gasteiger partial charge in [-0.05, 0) is 23.8 Å². The number of terminal acetylenes is 1. The van der Waals surface area contributed by atoms with Gasteiger partial charge in [-0.1, -0.05) is 6.07 Å². The van der Waals surface area contributed by atoms with Gasteiger partial charge in [-0.2, -0.15) is 0 Å². The van der Waals surface area contributed by atoms with E-state index in [4.69, 9.17) is 16.3 Å². The van der Waals surface area contributed by atoms with Crippen LogP contribution in [0.25, 0.3) is 6.08 Å². The minimum atomic E-state index is -1.22. The van der Waals surface area contributed by atoms with Crippen LogP contribution in [-0.2, 0) is 9.59 Å². The molecule has 1 rings (SSSR count). The molecule has 0 aliphatic heterocycles. The average molecular weight is 291 g/mol. The summed E-state index contributed by atoms with van der Waals surface area (Å²) < 4.78 is 18.2. The van der Waals surface area contributed by atoms with Gasteiger partial charge in [0.2, 0.25) is 5.91 Å². The number of rotatable bonds is 6. The molecule has 2 N–H and O–H groups in total. The van der Waals surface area contributed by atoms with Crippen molar-refractivity contribution in [1.82, 2.24) is 5.32 Å². The maximum Gasteiger partial charge on any atom is 0.327 e. The lowest BCUT2D eigenvalue weighted by Crippen LogP contribution is -2.39. The maximum atomic E-state index is 13.4. The van der Waals surface area contributed by atoms with Gasteiger partial charge in [0.1, 0.15) is 6.04 Å². The lowest BCUT2D eigenvalue weighted by molar-refractivity contribution is -0.141. The van der Waals surface area contributed by atoms with Crippen molar-refractivity contribution in [3.05, 3.63) is 35.7 Å². The molecule has 0 aliphatic rings. The lowest BCUT2D eigenvalue weighted by Gasteiger charge is -2.09. The summed E-state index contributed by atoms with van der Waals surface area (Å²) in [6, 6.07) is 3.02. The van der Waals surface area contributed by atoms with E-state index in [-0.39, 0.29) is 12.2 Å². The Balaban J connectivity index is 2.72. The largest absolute Gasteiger partial charge is 0.494 e. The number of carbonyl (C=O) groups excluding carboxylic acids is 1. The number of halogens is 1. The van der Waals surface area contributed by atoms with E-state index in [0.29, 0.717) is 5.56 Å². The van der Waals surface area contributed by atoms with Gasteiger partial charge in [-0.3, -0.25) is 4.79 Å². The zero-order valence-corrected chi connectivity index (χ0v) is 11.3. The lowest BCUT2D eigenvalue weighted by atomic mass is 10.2. The van der Waals surface area contributed by atoms with Gasteiger partial charge in [0, 0.05) is 12.5 Å². The number of nitrogens with one attached hydrogen (secondary N) is 1. The number of methoxy groups -OCH3 is 1. The molecule has 6 heteroatoms. The van der Waals surface area contributed by atoms with Crippen LogP contribution < -0.4 is 10.1 Å². The Bertz CT molecular complexity index is 604. The Labute approximate surface area is 121 Å². The summed E-state index contributed by atoms with van der Waals surface area (Å²) >= 11 is 0. The van der Waals surface area contributed by atoms with Crippen molar-refractivity contribution in [3.8, 4) is 18.1 Å². The van der Waals surface area contributed by atoms with Gasteiger partial charge in [0.15, 0.2) is 11.6 Å². The Kier molecular flexibility index (Phi) is 5.96. The van der Waals surface area contributed by atoms with E-state index >= 15 is 0 Å². The first-order valence-electron chi connectivity index (χ1n) is 5.96. The second-order valence-corrected chi connectivity index (χ2v) is 4.03. The van der Waals surface area contributed by atoms with Crippen molar-refractivity contribution >= 4 is 18.0 Å². The zero-order valence-electron chi connectivity index (χ0n) is 11.3. The third-order valence-electron chi connectivity index (χ3n) is 2.54. The maximum absolute atomic E-state index is 13.4. The van der Waals surface area contributed by atoms with E-state index in [1.165, 1.54) is 25.3 Å². The van der Waals surface area contributed by atoms with Crippen molar-refractivity contribution in [2.45, 2.75) is 12.5 Å². The fourth-order valence-corrected chi connectivity index (χ4v) is 1.50. The second kappa shape index (κ2) is 7.70. The van der Waals surface area contributed by atoms with Gasteiger partial charge in [0.05, 0.1) is 7.11 Å². The molecule has 110 valence electrons. The predicted octanol–water partition coefficient (Wildman–Crippen LogP) is 1.44. The van der Waals surface area contributed by atoms with Gasteiger partial charge in [-0.25, -0.2) is 9.18 Å². The molecule has 1 amide bonds. The SMILES string of the molecule is C#CCC(NC(=O)/C=C/c1ccc(OC)c(F)c1)C(=O)O. The first kappa shape index (κ1) is 16.2. The van der Waals surface area contributed by atoms with Crippen LogP contribution in [0.3, 0.4) is 0 Å². The van der Waals surface area contributed by atoms with Gasteiger partial charge in [0.25, 0.3) is 0 Å². The molecule has 0 fully saturated rings. The minimum absolute atomic E-state index is 0.0940. The number of benzene rings is 1. The van der Waals surface area contributed by atoms with Gasteiger partial charge < -0.3 is 15.2 Å². The molecule has 1 aromatic carbocycles. The summed E-state index contributed by atoms with van der Waals surface area (Å²) in [7, 11) is 1.35. The predicted molar refractivity (Wildman–Crippen MR) is 75.0 cm³/mol. The van der Waals surface area contributed by atoms with E-state index in [2.05, 4.69) is 11.2 Å². The van der Waals surface area contributed by atoms with Gasteiger partial charge >= 0.3 is 5.97 Å². The molecule has 0 heterocycles. The molecule has 0 spiro atoms. The van der Waals surface area contributed by atoms with Crippen molar-refractivity contribution in [2.24, 2.45) is 0 Å². The summed E-state index contributed by atoms with van der Waals surface area (Å²) in [6.45, 7) is 0. The van der Waals surface area contributed by atoms with Crippen LogP contribution in [0.5, 0.6) is 5.75 Å². The second-order valence-electron chi connectivity index (χ2n) is 4.03. The third kappa shape index (κ3) is 4.99. The number of hydrogen-bond donors (Lipinski definition) is 2. The number of carbonyl (C=O) groups is 2. The van der Waals surface area contributed by atoms with E-state index < -0.39 is 23.7 Å². The summed E-state index contributed by atoms with van der Waals surface area (Å²) in [5, 5.41) is 11.1. The number of carboxylic acid groups (broad SMARTS) is 1. The summed E-state index contributed by atoms with van der Waals surface area (Å²) in [6.07, 6.45) is 7.36. The van der Waals surface area contributed by atoms with Crippen LogP contribution in [0.15, 0.2) is 24.3 Å². The van der Waals surface area contributed by atoms with E-state index in [0.717, 1.165) is 6.08 Å². The fourth-order valence-electron chi connectivity index (χ4n) is 1.50. The normalized spacial score (nSPS) is 11.7. The highest BCUT2D eigenvalue weighted by Gasteiger charge is 2.17. The topological polar surface area (TPSA) is 75.6 Å². The number of carboxylic acids is 1. The standard InChI is InChI=1S/C15H14FNO4/c1-3-4-12(15(19)20)17-14(18)8-6-10-5-7-13(21-2)11(16)9-10/h1,5-9,12H,4H2,2H3,(H,17,18)(H,19,20)/b8-6+. The van der Waals surface area contributed by atoms with Gasteiger partial charge in [-0.15, -0.1) is 12.3 Å². The molecule has 0 aliphatic carbocycles. The monoisotopic (exact) mass is 291 g/mol. The van der Waals surface area contributed by atoms with Crippen LogP contribution in [0.1, 0.15) is 12.0 Å². The highest BCUT2D eigenvalue weighted by atomic mass is 19.1. The van der Waals surface area contributed by atoms with Crippen LogP contribution in [0.2, 0.25) is 0 Å². The van der Waals surface area contributed by atoms with Crippen molar-refractivity contribution in [2.75, 3.05) is 7.11 Å². The Morgan fingerprint density at radius 3 is 2.81 bits per heavy atom. The number of amides is 1. The molecule has 21 heavy (non-hydrogen) atoms. The average Bonchev–Trinajstić information content (AvgIpc) is 2.44. The zero-order chi connectivity index (χ0) is 15.8. The molecule has 5 nitrogen and oxygen atoms in total. The molecule has 1 unspecified atom stereocenters. The summed E-state index contributed by atoms with van der Waals surface area (Å²) in [4.78, 5) is 22.4. The molecule has 0 radical (unpaired) electrons. The molecule has 1 atom stereocenters. The van der Waals surface area contributed by atoms with Crippen LogP contribution in [-0.4, -0.2) is 30.1 Å². The highest BCUT2D eigenvalue weighted by Crippen LogP contribution is 2.18. The number of ether oxygens (including phenoxy) is 1. The quantitative estimate of drug-likeness (QED) is 0.614. The van der Waals surface area contributed by atoms with Crippen molar-refractivity contribution in [3.63, 3.8) is 0 Å². The smallest absolute Gasteiger partial charge is 0.327 e. The number of aliphatic carboxylic acids is 1. The van der Waals surface area contributed by atoms with E-state index in [1.807, 2.05) is 0 Å². The van der Waals surface area contributed by atoms with Crippen LogP contribution >= 0.6 is 0 Å². The molecule has 1 aromatic rings. The molecular formula is C15H14FNO4. The minimum Gasteiger partial charge on any atom is -0.494 e. The molecule has 0 saturated heterocycles. The Morgan fingerprint density at radius 1 is 1.57 bits per heavy atom.